The molecule has 2 aromatic carbocycles. The molecule has 174 valence electrons. The lowest BCUT2D eigenvalue weighted by molar-refractivity contribution is 0.0792. The number of nitrogens with zero attached hydrogens (tertiary/aromatic N) is 2. The molecule has 1 fully saturated rings. The van der Waals surface area contributed by atoms with E-state index in [9.17, 15) is 5.11 Å². The highest BCUT2D eigenvalue weighted by Crippen LogP contribution is 2.31. The lowest BCUT2D eigenvalue weighted by Crippen LogP contribution is -2.41. The van der Waals surface area contributed by atoms with Crippen LogP contribution in [0.25, 0.3) is 0 Å². The van der Waals surface area contributed by atoms with Crippen molar-refractivity contribution in [2.24, 2.45) is 4.99 Å². The summed E-state index contributed by atoms with van der Waals surface area (Å²) in [5, 5.41) is 16.6. The van der Waals surface area contributed by atoms with Gasteiger partial charge in [0.15, 0.2) is 5.96 Å². The Morgan fingerprint density at radius 2 is 1.78 bits per heavy atom. The van der Waals surface area contributed by atoms with E-state index in [4.69, 9.17) is 9.73 Å². The van der Waals surface area contributed by atoms with Crippen LogP contribution in [0.4, 0.5) is 0 Å². The zero-order valence-corrected chi connectivity index (χ0v) is 21.1. The minimum absolute atomic E-state index is 0. The van der Waals surface area contributed by atoms with E-state index in [1.165, 1.54) is 16.7 Å². The number of para-hydroxylation sites is 1. The highest BCUT2D eigenvalue weighted by Gasteiger charge is 2.21. The SMILES string of the molecule is CCNC(=NCc1ccc(CN2CCC(O)CC2)cc1)NC1CCOc2ccccc21.I. The van der Waals surface area contributed by atoms with E-state index in [2.05, 4.69) is 58.9 Å². The third-order valence-electron chi connectivity index (χ3n) is 6.02. The van der Waals surface area contributed by atoms with Gasteiger partial charge in [0, 0.05) is 38.2 Å². The van der Waals surface area contributed by atoms with E-state index in [-0.39, 0.29) is 36.1 Å². The van der Waals surface area contributed by atoms with Crippen molar-refractivity contribution in [2.45, 2.75) is 51.4 Å². The summed E-state index contributed by atoms with van der Waals surface area (Å²) in [4.78, 5) is 7.24. The molecule has 0 saturated carbocycles. The van der Waals surface area contributed by atoms with Crippen LogP contribution in [-0.4, -0.2) is 48.3 Å². The van der Waals surface area contributed by atoms with Gasteiger partial charge in [-0.2, -0.15) is 0 Å². The Bertz CT molecular complexity index is 867. The van der Waals surface area contributed by atoms with Crippen molar-refractivity contribution in [3.63, 3.8) is 0 Å². The molecule has 7 heteroatoms. The third-order valence-corrected chi connectivity index (χ3v) is 6.02. The lowest BCUT2D eigenvalue weighted by Gasteiger charge is -2.29. The van der Waals surface area contributed by atoms with Crippen LogP contribution in [0.3, 0.4) is 0 Å². The molecule has 32 heavy (non-hydrogen) atoms. The molecule has 0 radical (unpaired) electrons. The number of guanidine groups is 1. The van der Waals surface area contributed by atoms with Crippen LogP contribution >= 0.6 is 24.0 Å². The predicted octanol–water partition coefficient (Wildman–Crippen LogP) is 3.84. The third kappa shape index (κ3) is 6.83. The average Bonchev–Trinajstić information content (AvgIpc) is 2.80. The Kier molecular flexibility index (Phi) is 9.62. The standard InChI is InChI=1S/C25H34N4O2.HI/c1-2-26-25(28-23-13-16-31-24-6-4-3-5-22(23)24)27-17-19-7-9-20(10-8-19)18-29-14-11-21(30)12-15-29;/h3-10,21,23,30H,2,11-18H2,1H3,(H2,26,27,28);1H. The van der Waals surface area contributed by atoms with E-state index in [1.807, 2.05) is 12.1 Å². The second kappa shape index (κ2) is 12.4. The smallest absolute Gasteiger partial charge is 0.192 e. The van der Waals surface area contributed by atoms with Gasteiger partial charge in [-0.3, -0.25) is 4.90 Å². The minimum Gasteiger partial charge on any atom is -0.493 e. The molecule has 1 atom stereocenters. The van der Waals surface area contributed by atoms with Crippen LogP contribution < -0.4 is 15.4 Å². The van der Waals surface area contributed by atoms with Gasteiger partial charge in [0.2, 0.25) is 0 Å². The fraction of sp³-hybridized carbons (Fsp3) is 0.480. The number of piperidine rings is 1. The molecule has 4 rings (SSSR count). The number of hydrogen-bond donors (Lipinski definition) is 3. The number of aliphatic hydroxyl groups excluding tert-OH is 1. The van der Waals surface area contributed by atoms with Gasteiger partial charge in [-0.05, 0) is 37.0 Å². The number of ether oxygens (including phenoxy) is 1. The molecule has 1 saturated heterocycles. The van der Waals surface area contributed by atoms with Gasteiger partial charge in [0.05, 0.1) is 25.3 Å². The van der Waals surface area contributed by atoms with E-state index in [1.54, 1.807) is 0 Å². The van der Waals surface area contributed by atoms with Gasteiger partial charge < -0.3 is 20.5 Å². The van der Waals surface area contributed by atoms with Gasteiger partial charge >= 0.3 is 0 Å². The zero-order valence-electron chi connectivity index (χ0n) is 18.8. The van der Waals surface area contributed by atoms with E-state index >= 15 is 0 Å². The van der Waals surface area contributed by atoms with Crippen LogP contribution in [0.5, 0.6) is 5.75 Å². The Labute approximate surface area is 208 Å². The summed E-state index contributed by atoms with van der Waals surface area (Å²) >= 11 is 0. The monoisotopic (exact) mass is 550 g/mol. The normalized spacial score (nSPS) is 19.4. The molecule has 2 aliphatic rings. The molecule has 2 aliphatic heterocycles. The van der Waals surface area contributed by atoms with Crippen LogP contribution in [0.15, 0.2) is 53.5 Å². The van der Waals surface area contributed by atoms with Gasteiger partial charge in [0.25, 0.3) is 0 Å². The summed E-state index contributed by atoms with van der Waals surface area (Å²) in [5.74, 6) is 1.79. The van der Waals surface area contributed by atoms with Crippen molar-refractivity contribution in [1.29, 1.82) is 0 Å². The summed E-state index contributed by atoms with van der Waals surface area (Å²) in [6, 6.07) is 17.2. The molecule has 6 nitrogen and oxygen atoms in total. The number of aliphatic imine (C=N–C) groups is 1. The maximum absolute atomic E-state index is 9.67. The predicted molar refractivity (Wildman–Crippen MR) is 140 cm³/mol. The molecule has 2 heterocycles. The number of rotatable bonds is 6. The van der Waals surface area contributed by atoms with Gasteiger partial charge in [-0.25, -0.2) is 4.99 Å². The summed E-state index contributed by atoms with van der Waals surface area (Å²) < 4.78 is 5.78. The first-order chi connectivity index (χ1) is 15.2. The summed E-state index contributed by atoms with van der Waals surface area (Å²) in [5.41, 5.74) is 3.70. The Morgan fingerprint density at radius 3 is 2.53 bits per heavy atom. The van der Waals surface area contributed by atoms with Crippen molar-refractivity contribution in [1.82, 2.24) is 15.5 Å². The molecule has 0 aliphatic carbocycles. The topological polar surface area (TPSA) is 69.1 Å². The van der Waals surface area contributed by atoms with Crippen molar-refractivity contribution in [2.75, 3.05) is 26.2 Å². The van der Waals surface area contributed by atoms with Crippen molar-refractivity contribution in [3.8, 4) is 5.75 Å². The number of halogens is 1. The second-order valence-electron chi connectivity index (χ2n) is 8.39. The summed E-state index contributed by atoms with van der Waals surface area (Å²) in [6.45, 7) is 7.15. The molecule has 0 bridgehead atoms. The number of fused-ring (bicyclic) bond motifs is 1. The quantitative estimate of drug-likeness (QED) is 0.290. The molecular weight excluding hydrogens is 515 g/mol. The summed E-state index contributed by atoms with van der Waals surface area (Å²) in [7, 11) is 0. The maximum atomic E-state index is 9.67. The van der Waals surface area contributed by atoms with Gasteiger partial charge in [0.1, 0.15) is 5.75 Å². The molecular formula is C25H35IN4O2. The fourth-order valence-electron chi connectivity index (χ4n) is 4.23. The summed E-state index contributed by atoms with van der Waals surface area (Å²) in [6.07, 6.45) is 2.56. The Balaban J connectivity index is 0.00000289. The van der Waals surface area contributed by atoms with Crippen LogP contribution in [0.2, 0.25) is 0 Å². The number of nitrogens with one attached hydrogen (secondary N) is 2. The Hall–Kier alpha value is -1.84. The highest BCUT2D eigenvalue weighted by atomic mass is 127. The van der Waals surface area contributed by atoms with E-state index < -0.39 is 0 Å². The van der Waals surface area contributed by atoms with Crippen molar-refractivity contribution >= 4 is 29.9 Å². The van der Waals surface area contributed by atoms with Crippen LogP contribution in [0, 0.1) is 0 Å². The maximum Gasteiger partial charge on any atom is 0.192 e. The van der Waals surface area contributed by atoms with E-state index in [0.29, 0.717) is 13.2 Å². The first kappa shape index (κ1) is 24.8. The highest BCUT2D eigenvalue weighted by molar-refractivity contribution is 14.0. The van der Waals surface area contributed by atoms with Crippen molar-refractivity contribution < 1.29 is 9.84 Å². The number of aliphatic hydroxyl groups is 1. The van der Waals surface area contributed by atoms with Gasteiger partial charge in [-0.1, -0.05) is 42.5 Å². The van der Waals surface area contributed by atoms with E-state index in [0.717, 1.165) is 57.2 Å². The largest absolute Gasteiger partial charge is 0.493 e. The molecule has 3 N–H and O–H groups in total. The molecule has 1 unspecified atom stereocenters. The second-order valence-corrected chi connectivity index (χ2v) is 8.39. The first-order valence-electron chi connectivity index (χ1n) is 11.5. The molecule has 0 aromatic heterocycles. The minimum atomic E-state index is -0.120. The Morgan fingerprint density at radius 1 is 1.06 bits per heavy atom. The molecule has 0 amide bonds. The average molecular weight is 550 g/mol. The molecule has 2 aromatic rings. The number of benzene rings is 2. The van der Waals surface area contributed by atoms with Crippen LogP contribution in [-0.2, 0) is 13.1 Å². The van der Waals surface area contributed by atoms with Crippen LogP contribution in [0.1, 0.15) is 48.9 Å². The molecule has 0 spiro atoms. The van der Waals surface area contributed by atoms with Crippen molar-refractivity contribution in [3.05, 3.63) is 65.2 Å². The first-order valence-corrected chi connectivity index (χ1v) is 11.5. The lowest BCUT2D eigenvalue weighted by atomic mass is 10.0. The number of likely N-dealkylation sites (tertiary alicyclic amines) is 1. The number of hydrogen-bond acceptors (Lipinski definition) is 4. The fourth-order valence-corrected chi connectivity index (χ4v) is 4.23. The zero-order chi connectivity index (χ0) is 21.5. The van der Waals surface area contributed by atoms with Gasteiger partial charge in [-0.15, -0.1) is 24.0 Å².